The molecule has 0 bridgehead atoms. The Bertz CT molecular complexity index is 1210. The fourth-order valence-electron chi connectivity index (χ4n) is 5.96. The van der Waals surface area contributed by atoms with Gasteiger partial charge < -0.3 is 0 Å². The van der Waals surface area contributed by atoms with Gasteiger partial charge in [-0.15, -0.1) is 0 Å². The average molecular weight is 431 g/mol. The van der Waals surface area contributed by atoms with Gasteiger partial charge in [-0.1, -0.05) is 125 Å². The van der Waals surface area contributed by atoms with Crippen LogP contribution in [0.3, 0.4) is 0 Å². The maximum absolute atomic E-state index is 2.48. The fourth-order valence-corrected chi connectivity index (χ4v) is 5.96. The van der Waals surface area contributed by atoms with E-state index in [1.54, 1.807) is 0 Å². The molecule has 0 N–H and O–H groups in total. The number of hydrogen-bond acceptors (Lipinski definition) is 0. The van der Waals surface area contributed by atoms with Gasteiger partial charge in [0, 0.05) is 0 Å². The lowest BCUT2D eigenvalue weighted by molar-refractivity contribution is 0.752. The number of benzene rings is 4. The van der Waals surface area contributed by atoms with Crippen LogP contribution in [0.5, 0.6) is 0 Å². The van der Waals surface area contributed by atoms with Crippen LogP contribution in [0.25, 0.3) is 11.1 Å². The van der Waals surface area contributed by atoms with Crippen LogP contribution in [0.4, 0.5) is 0 Å². The molecule has 0 aromatic heterocycles. The van der Waals surface area contributed by atoms with Crippen LogP contribution in [0.15, 0.2) is 91.0 Å². The molecular formula is C33H34. The summed E-state index contributed by atoms with van der Waals surface area (Å²) >= 11 is 0. The van der Waals surface area contributed by atoms with E-state index in [0.717, 1.165) is 19.3 Å². The number of hydrogen-bond donors (Lipinski definition) is 0. The van der Waals surface area contributed by atoms with E-state index >= 15 is 0 Å². The van der Waals surface area contributed by atoms with E-state index in [1.807, 2.05) is 0 Å². The predicted molar refractivity (Wildman–Crippen MR) is 141 cm³/mol. The monoisotopic (exact) mass is 430 g/mol. The highest BCUT2D eigenvalue weighted by molar-refractivity contribution is 5.87. The third kappa shape index (κ3) is 3.44. The second-order valence-corrected chi connectivity index (χ2v) is 9.39. The molecule has 33 heavy (non-hydrogen) atoms. The lowest BCUT2D eigenvalue weighted by Crippen LogP contribution is -2.30. The highest BCUT2D eigenvalue weighted by Crippen LogP contribution is 2.57. The molecule has 0 atom stereocenters. The zero-order valence-electron chi connectivity index (χ0n) is 20.2. The Labute approximate surface area is 199 Å². The minimum absolute atomic E-state index is 0.284. The van der Waals surface area contributed by atoms with Crippen LogP contribution in [-0.4, -0.2) is 0 Å². The molecule has 1 aliphatic carbocycles. The molecule has 0 fully saturated rings. The molecule has 0 aliphatic heterocycles. The van der Waals surface area contributed by atoms with Gasteiger partial charge in [-0.25, -0.2) is 0 Å². The lowest BCUT2D eigenvalue weighted by atomic mass is 9.66. The zero-order valence-corrected chi connectivity index (χ0v) is 20.2. The minimum Gasteiger partial charge on any atom is -0.0651 e. The van der Waals surface area contributed by atoms with Gasteiger partial charge in [-0.3, -0.25) is 0 Å². The standard InChI is InChI=1S/C33H34/c1-4-12-24-18-20-31-28(22-24)29-23-25(13-5-2)19-21-32(29)33(31,27-15-8-7-9-16-27)30-17-11-10-14-26(30)6-3/h7-11,14-23H,4-6,12-13H2,1-3H3. The maximum atomic E-state index is 2.48. The van der Waals surface area contributed by atoms with E-state index in [9.17, 15) is 0 Å². The van der Waals surface area contributed by atoms with Gasteiger partial charge in [-0.2, -0.15) is 0 Å². The second kappa shape index (κ2) is 9.02. The highest BCUT2D eigenvalue weighted by atomic mass is 14.5. The summed E-state index contributed by atoms with van der Waals surface area (Å²) in [6.07, 6.45) is 5.62. The van der Waals surface area contributed by atoms with Crippen LogP contribution < -0.4 is 0 Å². The molecule has 0 nitrogen and oxygen atoms in total. The van der Waals surface area contributed by atoms with Crippen molar-refractivity contribution in [2.75, 3.05) is 0 Å². The van der Waals surface area contributed by atoms with Crippen molar-refractivity contribution in [1.82, 2.24) is 0 Å². The zero-order chi connectivity index (χ0) is 22.8. The van der Waals surface area contributed by atoms with Gasteiger partial charge in [0.05, 0.1) is 5.41 Å². The maximum Gasteiger partial charge on any atom is 0.0716 e. The Hall–Kier alpha value is -3.12. The number of rotatable bonds is 7. The molecule has 0 spiro atoms. The Kier molecular flexibility index (Phi) is 5.94. The van der Waals surface area contributed by atoms with Crippen molar-refractivity contribution in [2.45, 2.75) is 58.3 Å². The summed E-state index contributed by atoms with van der Waals surface area (Å²) in [4.78, 5) is 0. The summed E-state index contributed by atoms with van der Waals surface area (Å²) in [7, 11) is 0. The Balaban J connectivity index is 1.91. The van der Waals surface area contributed by atoms with Gasteiger partial charge >= 0.3 is 0 Å². The van der Waals surface area contributed by atoms with Gasteiger partial charge in [0.1, 0.15) is 0 Å². The van der Waals surface area contributed by atoms with Crippen LogP contribution in [-0.2, 0) is 24.7 Å². The summed E-state index contributed by atoms with van der Waals surface area (Å²) in [5, 5.41) is 0. The first-order chi connectivity index (χ1) is 16.2. The van der Waals surface area contributed by atoms with Gasteiger partial charge in [0.2, 0.25) is 0 Å². The van der Waals surface area contributed by atoms with E-state index in [1.165, 1.54) is 62.9 Å². The number of aryl methyl sites for hydroxylation is 3. The first kappa shape index (κ1) is 21.7. The molecule has 1 aliphatic rings. The molecule has 0 radical (unpaired) electrons. The molecule has 0 unspecified atom stereocenters. The van der Waals surface area contributed by atoms with Gasteiger partial charge in [0.25, 0.3) is 0 Å². The molecule has 166 valence electrons. The summed E-state index contributed by atoms with van der Waals surface area (Å²) in [6.45, 7) is 6.82. The van der Waals surface area contributed by atoms with E-state index in [-0.39, 0.29) is 5.41 Å². The summed E-state index contributed by atoms with van der Waals surface area (Å²) < 4.78 is 0. The van der Waals surface area contributed by atoms with Crippen molar-refractivity contribution in [3.8, 4) is 11.1 Å². The van der Waals surface area contributed by atoms with Crippen molar-refractivity contribution in [1.29, 1.82) is 0 Å². The summed E-state index contributed by atoms with van der Waals surface area (Å²) in [5.74, 6) is 0. The molecule has 0 saturated heterocycles. The molecule has 0 heterocycles. The highest BCUT2D eigenvalue weighted by Gasteiger charge is 2.46. The van der Waals surface area contributed by atoms with Crippen LogP contribution in [0.1, 0.15) is 72.6 Å². The van der Waals surface area contributed by atoms with E-state index < -0.39 is 0 Å². The predicted octanol–water partition coefficient (Wildman–Crippen LogP) is 8.52. The van der Waals surface area contributed by atoms with Crippen molar-refractivity contribution in [2.24, 2.45) is 0 Å². The lowest BCUT2D eigenvalue weighted by Gasteiger charge is -2.35. The fraction of sp³-hybridized carbons (Fsp3) is 0.273. The van der Waals surface area contributed by atoms with E-state index in [4.69, 9.17) is 0 Å². The van der Waals surface area contributed by atoms with Crippen molar-refractivity contribution in [3.63, 3.8) is 0 Å². The largest absolute Gasteiger partial charge is 0.0716 e. The van der Waals surface area contributed by atoms with Gasteiger partial charge in [-0.05, 0) is 69.3 Å². The van der Waals surface area contributed by atoms with Crippen molar-refractivity contribution < 1.29 is 0 Å². The molecule has 4 aromatic carbocycles. The molecule has 0 amide bonds. The first-order valence-electron chi connectivity index (χ1n) is 12.6. The Morgan fingerprint density at radius 3 is 1.64 bits per heavy atom. The van der Waals surface area contributed by atoms with Crippen LogP contribution >= 0.6 is 0 Å². The van der Waals surface area contributed by atoms with Crippen molar-refractivity contribution >= 4 is 0 Å². The smallest absolute Gasteiger partial charge is 0.0651 e. The Morgan fingerprint density at radius 2 is 1.09 bits per heavy atom. The summed E-state index contributed by atoms with van der Waals surface area (Å²) in [5.41, 5.74) is 12.5. The molecule has 4 aromatic rings. The first-order valence-corrected chi connectivity index (χ1v) is 12.6. The summed E-state index contributed by atoms with van der Waals surface area (Å²) in [6, 6.07) is 34.8. The normalized spacial score (nSPS) is 13.5. The average Bonchev–Trinajstić information content (AvgIpc) is 3.15. The van der Waals surface area contributed by atoms with E-state index in [0.29, 0.717) is 0 Å². The van der Waals surface area contributed by atoms with Crippen molar-refractivity contribution in [3.05, 3.63) is 130 Å². The van der Waals surface area contributed by atoms with Crippen LogP contribution in [0, 0.1) is 0 Å². The third-order valence-electron chi connectivity index (χ3n) is 7.35. The molecule has 5 rings (SSSR count). The topological polar surface area (TPSA) is 0 Å². The van der Waals surface area contributed by atoms with Gasteiger partial charge in [0.15, 0.2) is 0 Å². The van der Waals surface area contributed by atoms with Crippen LogP contribution in [0.2, 0.25) is 0 Å². The second-order valence-electron chi connectivity index (χ2n) is 9.39. The molecule has 0 saturated carbocycles. The van der Waals surface area contributed by atoms with E-state index in [2.05, 4.69) is 112 Å². The number of fused-ring (bicyclic) bond motifs is 3. The minimum atomic E-state index is -0.284. The quantitative estimate of drug-likeness (QED) is 0.243. The molecular weight excluding hydrogens is 396 g/mol. The SMILES string of the molecule is CCCc1ccc2c(c1)-c1cc(CCC)ccc1C2(c1ccccc1)c1ccccc1CC. The molecule has 0 heteroatoms. The Morgan fingerprint density at radius 1 is 0.545 bits per heavy atom. The third-order valence-corrected chi connectivity index (χ3v) is 7.35.